The molecule has 0 aliphatic carbocycles. The summed E-state index contributed by atoms with van der Waals surface area (Å²) in [6, 6.07) is 7.47. The lowest BCUT2D eigenvalue weighted by atomic mass is 10.3. The second kappa shape index (κ2) is 6.70. The third kappa shape index (κ3) is 3.93. The SMILES string of the molecule is COc1ccnc(CNCc2cc(OC)ccn2)c1. The molecule has 19 heavy (non-hydrogen) atoms. The Morgan fingerprint density at radius 1 is 0.895 bits per heavy atom. The van der Waals surface area contributed by atoms with Crippen LogP contribution in [-0.4, -0.2) is 24.2 Å². The van der Waals surface area contributed by atoms with Crippen LogP contribution in [0, 0.1) is 0 Å². The first kappa shape index (κ1) is 13.3. The zero-order chi connectivity index (χ0) is 13.5. The topological polar surface area (TPSA) is 56.3 Å². The average Bonchev–Trinajstić information content (AvgIpc) is 2.48. The number of nitrogens with zero attached hydrogens (tertiary/aromatic N) is 2. The molecule has 0 aliphatic rings. The number of ether oxygens (including phenoxy) is 2. The molecule has 0 unspecified atom stereocenters. The number of aromatic nitrogens is 2. The van der Waals surface area contributed by atoms with E-state index in [1.807, 2.05) is 24.3 Å². The first-order valence-electron chi connectivity index (χ1n) is 6.00. The van der Waals surface area contributed by atoms with Gasteiger partial charge in [0, 0.05) is 37.6 Å². The van der Waals surface area contributed by atoms with Gasteiger partial charge in [0.25, 0.3) is 0 Å². The zero-order valence-corrected chi connectivity index (χ0v) is 11.1. The lowest BCUT2D eigenvalue weighted by Gasteiger charge is -2.06. The Morgan fingerprint density at radius 2 is 1.37 bits per heavy atom. The van der Waals surface area contributed by atoms with Gasteiger partial charge in [-0.05, 0) is 12.1 Å². The standard InChI is InChI=1S/C14H17N3O2/c1-18-13-3-5-16-11(7-13)9-15-10-12-8-14(19-2)4-6-17-12/h3-8,15H,9-10H2,1-2H3. The van der Waals surface area contributed by atoms with Crippen LogP contribution in [0.3, 0.4) is 0 Å². The Morgan fingerprint density at radius 3 is 1.79 bits per heavy atom. The van der Waals surface area contributed by atoms with Gasteiger partial charge in [-0.1, -0.05) is 0 Å². The largest absolute Gasteiger partial charge is 0.497 e. The van der Waals surface area contributed by atoms with Gasteiger partial charge in [0.15, 0.2) is 0 Å². The minimum absolute atomic E-state index is 0.663. The summed E-state index contributed by atoms with van der Waals surface area (Å²) in [5.41, 5.74) is 1.87. The summed E-state index contributed by atoms with van der Waals surface area (Å²) in [5.74, 6) is 1.62. The van der Waals surface area contributed by atoms with Crippen LogP contribution in [0.4, 0.5) is 0 Å². The highest BCUT2D eigenvalue weighted by Crippen LogP contribution is 2.11. The Hall–Kier alpha value is -2.14. The Labute approximate surface area is 112 Å². The number of hydrogen-bond donors (Lipinski definition) is 1. The van der Waals surface area contributed by atoms with Gasteiger partial charge in [-0.3, -0.25) is 9.97 Å². The van der Waals surface area contributed by atoms with E-state index in [1.54, 1.807) is 26.6 Å². The van der Waals surface area contributed by atoms with Crippen molar-refractivity contribution < 1.29 is 9.47 Å². The van der Waals surface area contributed by atoms with Gasteiger partial charge in [-0.15, -0.1) is 0 Å². The highest BCUT2D eigenvalue weighted by Gasteiger charge is 2.00. The van der Waals surface area contributed by atoms with Gasteiger partial charge in [0.05, 0.1) is 25.6 Å². The predicted molar refractivity (Wildman–Crippen MR) is 72.1 cm³/mol. The van der Waals surface area contributed by atoms with E-state index in [1.165, 1.54) is 0 Å². The lowest BCUT2D eigenvalue weighted by Crippen LogP contribution is -2.14. The smallest absolute Gasteiger partial charge is 0.122 e. The Bertz CT molecular complexity index is 484. The first-order chi connectivity index (χ1) is 9.31. The van der Waals surface area contributed by atoms with Crippen LogP contribution >= 0.6 is 0 Å². The van der Waals surface area contributed by atoms with Crippen molar-refractivity contribution in [2.24, 2.45) is 0 Å². The van der Waals surface area contributed by atoms with E-state index in [0.29, 0.717) is 13.1 Å². The molecule has 0 amide bonds. The minimum Gasteiger partial charge on any atom is -0.497 e. The van der Waals surface area contributed by atoms with Crippen molar-refractivity contribution in [3.63, 3.8) is 0 Å². The van der Waals surface area contributed by atoms with Crippen molar-refractivity contribution in [1.82, 2.24) is 15.3 Å². The van der Waals surface area contributed by atoms with Crippen LogP contribution in [-0.2, 0) is 13.1 Å². The summed E-state index contributed by atoms with van der Waals surface area (Å²) < 4.78 is 10.3. The highest BCUT2D eigenvalue weighted by molar-refractivity contribution is 5.23. The molecule has 2 aromatic rings. The molecule has 5 nitrogen and oxygen atoms in total. The molecular formula is C14H17N3O2. The van der Waals surface area contributed by atoms with Gasteiger partial charge in [-0.2, -0.15) is 0 Å². The molecular weight excluding hydrogens is 242 g/mol. The molecule has 2 heterocycles. The van der Waals surface area contributed by atoms with E-state index in [0.717, 1.165) is 22.9 Å². The Balaban J connectivity index is 1.88. The van der Waals surface area contributed by atoms with E-state index >= 15 is 0 Å². The fraction of sp³-hybridized carbons (Fsp3) is 0.286. The summed E-state index contributed by atoms with van der Waals surface area (Å²) in [7, 11) is 3.29. The van der Waals surface area contributed by atoms with Gasteiger partial charge in [-0.25, -0.2) is 0 Å². The van der Waals surface area contributed by atoms with Crippen LogP contribution in [0.25, 0.3) is 0 Å². The number of nitrogens with one attached hydrogen (secondary N) is 1. The second-order valence-electron chi connectivity index (χ2n) is 3.98. The number of methoxy groups -OCH3 is 2. The van der Waals surface area contributed by atoms with Crippen molar-refractivity contribution >= 4 is 0 Å². The molecule has 2 rings (SSSR count). The molecule has 0 aliphatic heterocycles. The molecule has 0 spiro atoms. The number of rotatable bonds is 6. The third-order valence-corrected chi connectivity index (χ3v) is 2.66. The van der Waals surface area contributed by atoms with Crippen LogP contribution in [0.1, 0.15) is 11.4 Å². The van der Waals surface area contributed by atoms with Gasteiger partial charge in [0.1, 0.15) is 11.5 Å². The molecule has 0 aromatic carbocycles. The molecule has 0 saturated heterocycles. The van der Waals surface area contributed by atoms with E-state index < -0.39 is 0 Å². The summed E-state index contributed by atoms with van der Waals surface area (Å²) in [6.45, 7) is 1.33. The van der Waals surface area contributed by atoms with Crippen molar-refractivity contribution in [3.05, 3.63) is 48.0 Å². The van der Waals surface area contributed by atoms with Crippen LogP contribution in [0.2, 0.25) is 0 Å². The molecule has 2 aromatic heterocycles. The maximum absolute atomic E-state index is 5.15. The molecule has 0 atom stereocenters. The quantitative estimate of drug-likeness (QED) is 0.857. The van der Waals surface area contributed by atoms with Crippen LogP contribution < -0.4 is 14.8 Å². The van der Waals surface area contributed by atoms with E-state index in [9.17, 15) is 0 Å². The molecule has 100 valence electrons. The summed E-state index contributed by atoms with van der Waals surface area (Å²) in [4.78, 5) is 8.53. The highest BCUT2D eigenvalue weighted by atomic mass is 16.5. The summed E-state index contributed by atoms with van der Waals surface area (Å²) in [5, 5.41) is 3.28. The number of pyridine rings is 2. The molecule has 5 heteroatoms. The van der Waals surface area contributed by atoms with E-state index in [4.69, 9.17) is 9.47 Å². The monoisotopic (exact) mass is 259 g/mol. The minimum atomic E-state index is 0.663. The maximum Gasteiger partial charge on any atom is 0.122 e. The normalized spacial score (nSPS) is 10.2. The van der Waals surface area contributed by atoms with Crippen molar-refractivity contribution in [2.75, 3.05) is 14.2 Å². The van der Waals surface area contributed by atoms with Crippen LogP contribution in [0.15, 0.2) is 36.7 Å². The molecule has 0 fully saturated rings. The maximum atomic E-state index is 5.15. The molecule has 0 radical (unpaired) electrons. The molecule has 0 bridgehead atoms. The van der Waals surface area contributed by atoms with Crippen molar-refractivity contribution in [1.29, 1.82) is 0 Å². The third-order valence-electron chi connectivity index (χ3n) is 2.66. The Kier molecular flexibility index (Phi) is 4.69. The lowest BCUT2D eigenvalue weighted by molar-refractivity contribution is 0.412. The number of hydrogen-bond acceptors (Lipinski definition) is 5. The summed E-state index contributed by atoms with van der Waals surface area (Å²) >= 11 is 0. The van der Waals surface area contributed by atoms with E-state index in [-0.39, 0.29) is 0 Å². The summed E-state index contributed by atoms with van der Waals surface area (Å²) in [6.07, 6.45) is 3.47. The second-order valence-corrected chi connectivity index (χ2v) is 3.98. The molecule has 0 saturated carbocycles. The van der Waals surface area contributed by atoms with Gasteiger partial charge < -0.3 is 14.8 Å². The molecule has 1 N–H and O–H groups in total. The van der Waals surface area contributed by atoms with Gasteiger partial charge >= 0.3 is 0 Å². The van der Waals surface area contributed by atoms with Crippen molar-refractivity contribution in [2.45, 2.75) is 13.1 Å². The fourth-order valence-corrected chi connectivity index (χ4v) is 1.68. The average molecular weight is 259 g/mol. The fourth-order valence-electron chi connectivity index (χ4n) is 1.68. The van der Waals surface area contributed by atoms with Crippen LogP contribution in [0.5, 0.6) is 11.5 Å². The van der Waals surface area contributed by atoms with Gasteiger partial charge in [0.2, 0.25) is 0 Å². The first-order valence-corrected chi connectivity index (χ1v) is 6.00. The predicted octanol–water partition coefficient (Wildman–Crippen LogP) is 1.78. The zero-order valence-electron chi connectivity index (χ0n) is 11.1. The van der Waals surface area contributed by atoms with Crippen molar-refractivity contribution in [3.8, 4) is 11.5 Å². The van der Waals surface area contributed by atoms with E-state index in [2.05, 4.69) is 15.3 Å².